The molecular weight excluding hydrogens is 366 g/mol. The summed E-state index contributed by atoms with van der Waals surface area (Å²) >= 11 is 7.93. The van der Waals surface area contributed by atoms with Crippen LogP contribution >= 0.6 is 22.9 Å². The molecule has 0 amide bonds. The van der Waals surface area contributed by atoms with Crippen LogP contribution < -0.4 is 9.80 Å². The normalized spacial score (nSPS) is 15.0. The Morgan fingerprint density at radius 2 is 1.73 bits per heavy atom. The quantitative estimate of drug-likeness (QED) is 0.628. The largest absolute Gasteiger partial charge is 0.353 e. The predicted molar refractivity (Wildman–Crippen MR) is 110 cm³/mol. The van der Waals surface area contributed by atoms with Gasteiger partial charge >= 0.3 is 0 Å². The highest BCUT2D eigenvalue weighted by molar-refractivity contribution is 7.22. The number of rotatable bonds is 4. The van der Waals surface area contributed by atoms with Crippen LogP contribution in [0.2, 0.25) is 5.15 Å². The molecule has 3 aromatic rings. The van der Waals surface area contributed by atoms with Crippen molar-refractivity contribution in [3.05, 3.63) is 40.8 Å². The zero-order chi connectivity index (χ0) is 18.1. The van der Waals surface area contributed by atoms with Crippen molar-refractivity contribution < 1.29 is 0 Å². The van der Waals surface area contributed by atoms with Gasteiger partial charge in [0.15, 0.2) is 5.13 Å². The summed E-state index contributed by atoms with van der Waals surface area (Å²) < 4.78 is 1.27. The summed E-state index contributed by atoms with van der Waals surface area (Å²) in [6, 6.07) is 8.44. The zero-order valence-corrected chi connectivity index (χ0v) is 16.6. The highest BCUT2D eigenvalue weighted by Crippen LogP contribution is 2.30. The average molecular weight is 388 g/mol. The second-order valence-electron chi connectivity index (χ2n) is 6.44. The molecule has 0 aliphatic carbocycles. The minimum Gasteiger partial charge on any atom is -0.353 e. The van der Waals surface area contributed by atoms with Gasteiger partial charge in [0.05, 0.1) is 10.2 Å². The number of nitrogens with zero attached hydrogens (tertiary/aromatic N) is 5. The number of halogens is 1. The topological polar surface area (TPSA) is 45.2 Å². The Labute approximate surface area is 162 Å². The summed E-state index contributed by atoms with van der Waals surface area (Å²) in [5, 5.41) is 1.63. The SMILES string of the molecule is CCc1ccc2nc(N3CCN(c4cc(Cl)nc(CC)n4)CC3)sc2c1. The molecule has 0 N–H and O–H groups in total. The van der Waals surface area contributed by atoms with Gasteiger partial charge in [0.2, 0.25) is 0 Å². The fourth-order valence-electron chi connectivity index (χ4n) is 3.21. The van der Waals surface area contributed by atoms with Crippen molar-refractivity contribution in [2.75, 3.05) is 36.0 Å². The van der Waals surface area contributed by atoms with Crippen LogP contribution in [-0.4, -0.2) is 41.1 Å². The molecule has 0 saturated carbocycles. The van der Waals surface area contributed by atoms with E-state index in [4.69, 9.17) is 16.6 Å². The lowest BCUT2D eigenvalue weighted by molar-refractivity contribution is 0.644. The predicted octanol–water partition coefficient (Wildman–Crippen LogP) is 4.19. The first-order valence-corrected chi connectivity index (χ1v) is 10.3. The van der Waals surface area contributed by atoms with Crippen LogP contribution in [0.3, 0.4) is 0 Å². The van der Waals surface area contributed by atoms with Crippen LogP contribution in [-0.2, 0) is 12.8 Å². The number of fused-ring (bicyclic) bond motifs is 1. The monoisotopic (exact) mass is 387 g/mol. The van der Waals surface area contributed by atoms with Gasteiger partial charge in [-0.25, -0.2) is 15.0 Å². The van der Waals surface area contributed by atoms with E-state index in [1.54, 1.807) is 11.3 Å². The fourth-order valence-corrected chi connectivity index (χ4v) is 4.49. The third-order valence-electron chi connectivity index (χ3n) is 4.77. The van der Waals surface area contributed by atoms with Crippen LogP contribution in [0, 0.1) is 0 Å². The van der Waals surface area contributed by atoms with Crippen molar-refractivity contribution in [1.82, 2.24) is 15.0 Å². The zero-order valence-electron chi connectivity index (χ0n) is 15.1. The lowest BCUT2D eigenvalue weighted by Gasteiger charge is -2.35. The molecule has 0 radical (unpaired) electrons. The third-order valence-corrected chi connectivity index (χ3v) is 6.04. The number of hydrogen-bond acceptors (Lipinski definition) is 6. The summed E-state index contributed by atoms with van der Waals surface area (Å²) in [5.41, 5.74) is 2.46. The number of thiazole rings is 1. The van der Waals surface area contributed by atoms with Gasteiger partial charge in [-0.3, -0.25) is 0 Å². The van der Waals surface area contributed by atoms with Gasteiger partial charge < -0.3 is 9.80 Å². The molecule has 2 aromatic heterocycles. The molecule has 1 aromatic carbocycles. The number of benzene rings is 1. The Bertz CT molecular complexity index is 917. The summed E-state index contributed by atoms with van der Waals surface area (Å²) in [6.45, 7) is 7.92. The molecule has 1 aliphatic rings. The molecule has 1 aliphatic heterocycles. The van der Waals surface area contributed by atoms with E-state index in [1.165, 1.54) is 10.3 Å². The number of hydrogen-bond donors (Lipinski definition) is 0. The number of anilines is 2. The summed E-state index contributed by atoms with van der Waals surface area (Å²) in [5.74, 6) is 1.73. The highest BCUT2D eigenvalue weighted by atomic mass is 35.5. The second kappa shape index (κ2) is 7.37. The first-order chi connectivity index (χ1) is 12.7. The number of piperazine rings is 1. The Morgan fingerprint density at radius 1 is 0.962 bits per heavy atom. The van der Waals surface area contributed by atoms with Crippen LogP contribution in [0.1, 0.15) is 25.2 Å². The molecule has 0 unspecified atom stereocenters. The van der Waals surface area contributed by atoms with E-state index in [1.807, 2.05) is 13.0 Å². The first-order valence-electron chi connectivity index (χ1n) is 9.09. The smallest absolute Gasteiger partial charge is 0.186 e. The molecule has 4 rings (SSSR count). The van der Waals surface area contributed by atoms with Gasteiger partial charge in [0, 0.05) is 38.7 Å². The van der Waals surface area contributed by atoms with Crippen LogP contribution in [0.5, 0.6) is 0 Å². The lowest BCUT2D eigenvalue weighted by atomic mass is 10.2. The van der Waals surface area contributed by atoms with Crippen molar-refractivity contribution in [2.24, 2.45) is 0 Å². The van der Waals surface area contributed by atoms with Crippen molar-refractivity contribution in [3.63, 3.8) is 0 Å². The van der Waals surface area contributed by atoms with Crippen molar-refractivity contribution >= 4 is 44.1 Å². The van der Waals surface area contributed by atoms with Crippen molar-refractivity contribution in [1.29, 1.82) is 0 Å². The molecule has 0 spiro atoms. The summed E-state index contributed by atoms with van der Waals surface area (Å²) in [7, 11) is 0. The fraction of sp³-hybridized carbons (Fsp3) is 0.421. The molecule has 3 heterocycles. The number of aromatic nitrogens is 3. The molecule has 5 nitrogen and oxygen atoms in total. The van der Waals surface area contributed by atoms with Gasteiger partial charge in [-0.1, -0.05) is 42.9 Å². The molecule has 0 atom stereocenters. The van der Waals surface area contributed by atoms with Crippen molar-refractivity contribution in [3.8, 4) is 0 Å². The van der Waals surface area contributed by atoms with E-state index in [2.05, 4.69) is 44.9 Å². The minimum absolute atomic E-state index is 0.521. The summed E-state index contributed by atoms with van der Waals surface area (Å²) in [6.07, 6.45) is 1.85. The molecular formula is C19H22ClN5S. The van der Waals surface area contributed by atoms with Crippen LogP contribution in [0.25, 0.3) is 10.2 Å². The Hall–Kier alpha value is -1.92. The molecule has 0 bridgehead atoms. The van der Waals surface area contributed by atoms with E-state index in [9.17, 15) is 0 Å². The summed E-state index contributed by atoms with van der Waals surface area (Å²) in [4.78, 5) is 18.4. The second-order valence-corrected chi connectivity index (χ2v) is 7.84. The first kappa shape index (κ1) is 17.5. The van der Waals surface area contributed by atoms with Crippen LogP contribution in [0.4, 0.5) is 10.9 Å². The van der Waals surface area contributed by atoms with Gasteiger partial charge in [0.25, 0.3) is 0 Å². The molecule has 136 valence electrons. The molecule has 1 saturated heterocycles. The molecule has 26 heavy (non-hydrogen) atoms. The van der Waals surface area contributed by atoms with Gasteiger partial charge in [-0.2, -0.15) is 0 Å². The van der Waals surface area contributed by atoms with E-state index >= 15 is 0 Å². The lowest BCUT2D eigenvalue weighted by Crippen LogP contribution is -2.46. The van der Waals surface area contributed by atoms with Crippen molar-refractivity contribution in [2.45, 2.75) is 26.7 Å². The Morgan fingerprint density at radius 3 is 2.46 bits per heavy atom. The van der Waals surface area contributed by atoms with Crippen LogP contribution in [0.15, 0.2) is 24.3 Å². The van der Waals surface area contributed by atoms with Gasteiger partial charge in [0.1, 0.15) is 16.8 Å². The number of aryl methyl sites for hydroxylation is 2. The standard InChI is InChI=1S/C19H22ClN5S/c1-3-13-5-6-14-15(11-13)26-19(21-14)25-9-7-24(8-10-25)18-12-16(20)22-17(4-2)23-18/h5-6,11-12H,3-4,7-10H2,1-2H3. The van der Waals surface area contributed by atoms with E-state index in [-0.39, 0.29) is 0 Å². The maximum Gasteiger partial charge on any atom is 0.186 e. The van der Waals surface area contributed by atoms with E-state index < -0.39 is 0 Å². The molecule has 7 heteroatoms. The maximum atomic E-state index is 6.15. The highest BCUT2D eigenvalue weighted by Gasteiger charge is 2.21. The van der Waals surface area contributed by atoms with E-state index in [0.29, 0.717) is 5.15 Å². The van der Waals surface area contributed by atoms with Gasteiger partial charge in [-0.15, -0.1) is 0 Å². The maximum absolute atomic E-state index is 6.15. The Balaban J connectivity index is 1.49. The third kappa shape index (κ3) is 3.48. The minimum atomic E-state index is 0.521. The average Bonchev–Trinajstić information content (AvgIpc) is 3.10. The van der Waals surface area contributed by atoms with Gasteiger partial charge in [-0.05, 0) is 24.1 Å². The molecule has 1 fully saturated rings. The van der Waals surface area contributed by atoms with E-state index in [0.717, 1.165) is 61.3 Å². The Kier molecular flexibility index (Phi) is 4.96.